The maximum atomic E-state index is 12.2. The van der Waals surface area contributed by atoms with E-state index in [1.54, 1.807) is 0 Å². The standard InChI is InChI=1S/C17H32N4O2/c1-14(20-17(23)15-5-3-2-4-6-15)13-16(22)19-9-12-21-10-7-18-8-11-21/h14-15,18H,2-13H2,1H3,(H,19,22)(H,20,23). The van der Waals surface area contributed by atoms with Gasteiger partial charge in [0.25, 0.3) is 0 Å². The average Bonchev–Trinajstić information content (AvgIpc) is 2.56. The van der Waals surface area contributed by atoms with E-state index in [0.29, 0.717) is 13.0 Å². The smallest absolute Gasteiger partial charge is 0.223 e. The summed E-state index contributed by atoms with van der Waals surface area (Å²) in [5.41, 5.74) is 0. The van der Waals surface area contributed by atoms with Gasteiger partial charge in [0.15, 0.2) is 0 Å². The van der Waals surface area contributed by atoms with Crippen molar-refractivity contribution < 1.29 is 9.59 Å². The maximum Gasteiger partial charge on any atom is 0.223 e. The van der Waals surface area contributed by atoms with Gasteiger partial charge in [-0.25, -0.2) is 0 Å². The van der Waals surface area contributed by atoms with Crippen molar-refractivity contribution in [3.8, 4) is 0 Å². The average molecular weight is 324 g/mol. The lowest BCUT2D eigenvalue weighted by Gasteiger charge is -2.27. The fourth-order valence-corrected chi connectivity index (χ4v) is 3.41. The molecule has 1 atom stereocenters. The number of nitrogens with zero attached hydrogens (tertiary/aromatic N) is 1. The molecule has 2 aliphatic rings. The molecule has 1 aliphatic heterocycles. The van der Waals surface area contributed by atoms with Crippen LogP contribution >= 0.6 is 0 Å². The lowest BCUT2D eigenvalue weighted by molar-refractivity contribution is -0.127. The summed E-state index contributed by atoms with van der Waals surface area (Å²) >= 11 is 0. The van der Waals surface area contributed by atoms with Crippen molar-refractivity contribution in [2.24, 2.45) is 5.92 Å². The van der Waals surface area contributed by atoms with Crippen LogP contribution in [0.2, 0.25) is 0 Å². The Labute approximate surface area is 139 Å². The monoisotopic (exact) mass is 324 g/mol. The van der Waals surface area contributed by atoms with Gasteiger partial charge in [-0.05, 0) is 19.8 Å². The Bertz CT molecular complexity index is 377. The highest BCUT2D eigenvalue weighted by Gasteiger charge is 2.22. The van der Waals surface area contributed by atoms with Gasteiger partial charge in [-0.2, -0.15) is 0 Å². The molecule has 0 aromatic carbocycles. The topological polar surface area (TPSA) is 73.5 Å². The summed E-state index contributed by atoms with van der Waals surface area (Å²) in [4.78, 5) is 26.5. The predicted octanol–water partition coefficient (Wildman–Crippen LogP) is 0.483. The zero-order valence-electron chi connectivity index (χ0n) is 14.4. The molecule has 2 fully saturated rings. The van der Waals surface area contributed by atoms with Crippen LogP contribution in [0, 0.1) is 5.92 Å². The van der Waals surface area contributed by atoms with Gasteiger partial charge >= 0.3 is 0 Å². The van der Waals surface area contributed by atoms with Gasteiger partial charge in [0.05, 0.1) is 0 Å². The van der Waals surface area contributed by atoms with E-state index in [1.165, 1.54) is 6.42 Å². The first-order valence-electron chi connectivity index (χ1n) is 9.15. The van der Waals surface area contributed by atoms with Gasteiger partial charge in [0.2, 0.25) is 11.8 Å². The first-order chi connectivity index (χ1) is 11.1. The minimum Gasteiger partial charge on any atom is -0.355 e. The van der Waals surface area contributed by atoms with E-state index < -0.39 is 0 Å². The molecule has 23 heavy (non-hydrogen) atoms. The van der Waals surface area contributed by atoms with Crippen LogP contribution in [-0.2, 0) is 9.59 Å². The maximum absolute atomic E-state index is 12.2. The van der Waals surface area contributed by atoms with Crippen LogP contribution in [0.5, 0.6) is 0 Å². The summed E-state index contributed by atoms with van der Waals surface area (Å²) in [5.74, 6) is 0.310. The van der Waals surface area contributed by atoms with Crippen LogP contribution in [0.4, 0.5) is 0 Å². The number of nitrogens with one attached hydrogen (secondary N) is 3. The SMILES string of the molecule is CC(CC(=O)NCCN1CCNCC1)NC(=O)C1CCCCC1. The number of hydrogen-bond donors (Lipinski definition) is 3. The summed E-state index contributed by atoms with van der Waals surface area (Å²) in [6.45, 7) is 7.64. The molecule has 0 bridgehead atoms. The fourth-order valence-electron chi connectivity index (χ4n) is 3.41. The number of amides is 2. The summed E-state index contributed by atoms with van der Waals surface area (Å²) in [7, 11) is 0. The number of piperazine rings is 1. The van der Waals surface area contributed by atoms with Crippen LogP contribution in [0.3, 0.4) is 0 Å². The van der Waals surface area contributed by atoms with Gasteiger partial charge in [-0.3, -0.25) is 14.5 Å². The van der Waals surface area contributed by atoms with Crippen LogP contribution in [0.15, 0.2) is 0 Å². The molecule has 1 heterocycles. The Balaban J connectivity index is 1.57. The predicted molar refractivity (Wildman–Crippen MR) is 91.1 cm³/mol. The molecule has 0 aromatic heterocycles. The number of carbonyl (C=O) groups excluding carboxylic acids is 2. The first kappa shape index (κ1) is 18.2. The highest BCUT2D eigenvalue weighted by atomic mass is 16.2. The van der Waals surface area contributed by atoms with Gasteiger partial charge < -0.3 is 16.0 Å². The molecule has 0 radical (unpaired) electrons. The Kier molecular flexibility index (Phi) is 7.82. The molecule has 0 spiro atoms. The van der Waals surface area contributed by atoms with Gasteiger partial charge in [0.1, 0.15) is 0 Å². The van der Waals surface area contributed by atoms with Crippen LogP contribution in [-0.4, -0.2) is 62.0 Å². The van der Waals surface area contributed by atoms with Crippen molar-refractivity contribution in [3.63, 3.8) is 0 Å². The van der Waals surface area contributed by atoms with E-state index in [-0.39, 0.29) is 23.8 Å². The molecule has 1 aliphatic carbocycles. The molecular weight excluding hydrogens is 292 g/mol. The molecule has 2 amide bonds. The van der Waals surface area contributed by atoms with E-state index in [1.807, 2.05) is 6.92 Å². The molecular formula is C17H32N4O2. The second kappa shape index (κ2) is 9.88. The van der Waals surface area contributed by atoms with E-state index in [4.69, 9.17) is 0 Å². The Morgan fingerprint density at radius 3 is 2.57 bits per heavy atom. The Morgan fingerprint density at radius 2 is 1.87 bits per heavy atom. The van der Waals surface area contributed by atoms with Gasteiger partial charge in [-0.1, -0.05) is 19.3 Å². The van der Waals surface area contributed by atoms with Crippen molar-refractivity contribution in [2.75, 3.05) is 39.3 Å². The molecule has 3 N–H and O–H groups in total. The third-order valence-corrected chi connectivity index (χ3v) is 4.82. The Hall–Kier alpha value is -1.14. The molecule has 2 rings (SSSR count). The summed E-state index contributed by atoms with van der Waals surface area (Å²) in [6.07, 6.45) is 5.90. The minimum atomic E-state index is -0.0939. The number of rotatable bonds is 7. The van der Waals surface area contributed by atoms with E-state index in [2.05, 4.69) is 20.9 Å². The summed E-state index contributed by atoms with van der Waals surface area (Å²) in [5, 5.41) is 9.28. The quantitative estimate of drug-likeness (QED) is 0.637. The molecule has 1 unspecified atom stereocenters. The van der Waals surface area contributed by atoms with Crippen molar-refractivity contribution in [3.05, 3.63) is 0 Å². The third kappa shape index (κ3) is 6.87. The molecule has 0 aromatic rings. The fraction of sp³-hybridized carbons (Fsp3) is 0.882. The summed E-state index contributed by atoms with van der Waals surface area (Å²) in [6, 6.07) is -0.0939. The largest absolute Gasteiger partial charge is 0.355 e. The zero-order valence-corrected chi connectivity index (χ0v) is 14.4. The lowest BCUT2D eigenvalue weighted by Crippen LogP contribution is -2.46. The highest BCUT2D eigenvalue weighted by molar-refractivity contribution is 5.81. The molecule has 132 valence electrons. The number of hydrogen-bond acceptors (Lipinski definition) is 4. The third-order valence-electron chi connectivity index (χ3n) is 4.82. The second-order valence-electron chi connectivity index (χ2n) is 6.89. The van der Waals surface area contributed by atoms with Crippen molar-refractivity contribution in [1.82, 2.24) is 20.9 Å². The van der Waals surface area contributed by atoms with E-state index >= 15 is 0 Å². The molecule has 1 saturated heterocycles. The van der Waals surface area contributed by atoms with E-state index in [9.17, 15) is 9.59 Å². The highest BCUT2D eigenvalue weighted by Crippen LogP contribution is 2.23. The van der Waals surface area contributed by atoms with Crippen LogP contribution in [0.1, 0.15) is 45.4 Å². The van der Waals surface area contributed by atoms with Crippen LogP contribution in [0.25, 0.3) is 0 Å². The summed E-state index contributed by atoms with van der Waals surface area (Å²) < 4.78 is 0. The van der Waals surface area contributed by atoms with Gasteiger partial charge in [0, 0.05) is 57.6 Å². The van der Waals surface area contributed by atoms with Gasteiger partial charge in [-0.15, -0.1) is 0 Å². The second-order valence-corrected chi connectivity index (χ2v) is 6.89. The molecule has 1 saturated carbocycles. The molecule has 6 heteroatoms. The van der Waals surface area contributed by atoms with Crippen molar-refractivity contribution in [1.29, 1.82) is 0 Å². The molecule has 6 nitrogen and oxygen atoms in total. The normalized spacial score (nSPS) is 21.6. The lowest BCUT2D eigenvalue weighted by atomic mass is 9.88. The van der Waals surface area contributed by atoms with Crippen LogP contribution < -0.4 is 16.0 Å². The van der Waals surface area contributed by atoms with Crippen molar-refractivity contribution in [2.45, 2.75) is 51.5 Å². The minimum absolute atomic E-state index is 0.0246. The first-order valence-corrected chi connectivity index (χ1v) is 9.15. The Morgan fingerprint density at radius 1 is 1.17 bits per heavy atom. The van der Waals surface area contributed by atoms with Crippen molar-refractivity contribution >= 4 is 11.8 Å². The number of carbonyl (C=O) groups is 2. The zero-order chi connectivity index (χ0) is 16.5. The van der Waals surface area contributed by atoms with E-state index in [0.717, 1.165) is 58.4 Å².